The van der Waals surface area contributed by atoms with Crippen LogP contribution in [0.4, 0.5) is 10.1 Å². The number of amidine groups is 1. The Balaban J connectivity index is 1.82. The van der Waals surface area contributed by atoms with Crippen LogP contribution in [0.25, 0.3) is 6.08 Å². The lowest BCUT2D eigenvalue weighted by Crippen LogP contribution is -2.32. The molecule has 0 unspecified atom stereocenters. The Hall–Kier alpha value is -3.05. The van der Waals surface area contributed by atoms with E-state index < -0.39 is 0 Å². The largest absolute Gasteiger partial charge is 0.282 e. The summed E-state index contributed by atoms with van der Waals surface area (Å²) in [5.74, 6) is -0.0650. The van der Waals surface area contributed by atoms with Crippen molar-refractivity contribution in [1.82, 2.24) is 0 Å². The predicted octanol–water partition coefficient (Wildman–Crippen LogP) is 5.73. The number of carbonyl (C=O) groups excluding carboxylic acids is 1. The first kappa shape index (κ1) is 18.3. The number of carbonyl (C=O) groups is 1. The summed E-state index contributed by atoms with van der Waals surface area (Å²) in [5.41, 5.74) is 3.68. The quantitative estimate of drug-likeness (QED) is 0.484. The van der Waals surface area contributed by atoms with Crippen molar-refractivity contribution in [2.75, 3.05) is 4.90 Å². The van der Waals surface area contributed by atoms with Gasteiger partial charge < -0.3 is 0 Å². The Morgan fingerprint density at radius 2 is 1.71 bits per heavy atom. The second kappa shape index (κ2) is 7.52. The lowest BCUT2D eigenvalue weighted by molar-refractivity contribution is -0.113. The molecule has 3 aromatic carbocycles. The number of amides is 1. The summed E-state index contributed by atoms with van der Waals surface area (Å²) in [7, 11) is 0. The Bertz CT molecular complexity index is 1100. The molecule has 4 rings (SSSR count). The average molecular weight is 435 g/mol. The van der Waals surface area contributed by atoms with Crippen LogP contribution in [-0.4, -0.2) is 11.7 Å². The Labute approximate surface area is 171 Å². The zero-order chi connectivity index (χ0) is 19.7. The maximum atomic E-state index is 13.4. The van der Waals surface area contributed by atoms with Gasteiger partial charge in [-0.25, -0.2) is 9.38 Å². The summed E-state index contributed by atoms with van der Waals surface area (Å²) in [5, 5.41) is 0. The minimum Gasteiger partial charge on any atom is -0.266 e. The predicted molar refractivity (Wildman–Crippen MR) is 114 cm³/mol. The molecule has 3 aromatic rings. The van der Waals surface area contributed by atoms with Crippen LogP contribution in [0, 0.1) is 12.7 Å². The first-order chi connectivity index (χ1) is 13.5. The molecule has 0 saturated carbocycles. The van der Waals surface area contributed by atoms with Gasteiger partial charge in [0.1, 0.15) is 17.3 Å². The van der Waals surface area contributed by atoms with Gasteiger partial charge in [0.15, 0.2) is 0 Å². The number of nitrogens with zero attached hydrogens (tertiary/aromatic N) is 2. The Morgan fingerprint density at radius 1 is 1.00 bits per heavy atom. The fourth-order valence-electron chi connectivity index (χ4n) is 3.04. The van der Waals surface area contributed by atoms with Crippen molar-refractivity contribution >= 4 is 39.4 Å². The molecule has 0 bridgehead atoms. The van der Waals surface area contributed by atoms with E-state index in [9.17, 15) is 9.18 Å². The maximum Gasteiger partial charge on any atom is 0.282 e. The van der Waals surface area contributed by atoms with E-state index >= 15 is 0 Å². The summed E-state index contributed by atoms with van der Waals surface area (Å²) < 4.78 is 14.4. The van der Waals surface area contributed by atoms with Crippen LogP contribution in [0.15, 0.2) is 88.0 Å². The first-order valence-corrected chi connectivity index (χ1v) is 9.53. The van der Waals surface area contributed by atoms with Gasteiger partial charge in [0.05, 0.1) is 5.69 Å². The highest BCUT2D eigenvalue weighted by molar-refractivity contribution is 9.10. The molecule has 0 spiro atoms. The van der Waals surface area contributed by atoms with Gasteiger partial charge in [-0.15, -0.1) is 0 Å². The second-order valence-electron chi connectivity index (χ2n) is 6.50. The molecule has 1 aliphatic heterocycles. The van der Waals surface area contributed by atoms with E-state index in [1.54, 1.807) is 18.2 Å². The van der Waals surface area contributed by atoms with Crippen LogP contribution in [0.1, 0.15) is 16.7 Å². The number of aryl methyl sites for hydroxylation is 1. The van der Waals surface area contributed by atoms with E-state index in [1.807, 2.05) is 55.5 Å². The molecule has 0 aromatic heterocycles. The second-order valence-corrected chi connectivity index (χ2v) is 7.42. The van der Waals surface area contributed by atoms with Crippen LogP contribution < -0.4 is 4.90 Å². The van der Waals surface area contributed by atoms with Crippen molar-refractivity contribution in [1.29, 1.82) is 0 Å². The van der Waals surface area contributed by atoms with E-state index in [1.165, 1.54) is 17.0 Å². The Morgan fingerprint density at radius 3 is 2.39 bits per heavy atom. The van der Waals surface area contributed by atoms with Gasteiger partial charge in [-0.2, -0.15) is 0 Å². The van der Waals surface area contributed by atoms with Crippen molar-refractivity contribution in [3.05, 3.63) is 105 Å². The van der Waals surface area contributed by atoms with Crippen LogP contribution in [0.2, 0.25) is 0 Å². The molecular formula is C23H16BrFN2O. The number of benzene rings is 3. The molecule has 0 N–H and O–H groups in total. The molecule has 0 saturated heterocycles. The van der Waals surface area contributed by atoms with Gasteiger partial charge in [0, 0.05) is 10.0 Å². The Kier molecular flexibility index (Phi) is 4.92. The summed E-state index contributed by atoms with van der Waals surface area (Å²) in [6.07, 6.45) is 1.76. The molecule has 0 radical (unpaired) electrons. The van der Waals surface area contributed by atoms with Crippen LogP contribution in [-0.2, 0) is 4.79 Å². The monoisotopic (exact) mass is 434 g/mol. The average Bonchev–Trinajstić information content (AvgIpc) is 3.01. The third kappa shape index (κ3) is 3.66. The van der Waals surface area contributed by atoms with Crippen molar-refractivity contribution in [3.63, 3.8) is 0 Å². The molecule has 5 heteroatoms. The molecule has 0 fully saturated rings. The van der Waals surface area contributed by atoms with Crippen LogP contribution >= 0.6 is 15.9 Å². The highest BCUT2D eigenvalue weighted by atomic mass is 79.9. The fourth-order valence-corrected chi connectivity index (χ4v) is 3.31. The first-order valence-electron chi connectivity index (χ1n) is 8.74. The molecule has 1 amide bonds. The van der Waals surface area contributed by atoms with Gasteiger partial charge in [0.2, 0.25) is 0 Å². The zero-order valence-corrected chi connectivity index (χ0v) is 16.7. The maximum absolute atomic E-state index is 13.4. The van der Waals surface area contributed by atoms with Crippen molar-refractivity contribution in [2.24, 2.45) is 4.99 Å². The number of rotatable bonds is 3. The van der Waals surface area contributed by atoms with Gasteiger partial charge in [-0.05, 0) is 61.0 Å². The van der Waals surface area contributed by atoms with Gasteiger partial charge >= 0.3 is 0 Å². The molecule has 28 heavy (non-hydrogen) atoms. The molecule has 1 aliphatic rings. The van der Waals surface area contributed by atoms with E-state index in [0.29, 0.717) is 17.2 Å². The SMILES string of the molecule is Cc1cccc(C2=N/C(=C/c3ccc(Br)cc3)C(=O)N2c2ccc(F)cc2)c1. The smallest absolute Gasteiger partial charge is 0.266 e. The molecule has 0 atom stereocenters. The van der Waals surface area contributed by atoms with E-state index in [0.717, 1.165) is 21.2 Å². The molecule has 138 valence electrons. The highest BCUT2D eigenvalue weighted by Crippen LogP contribution is 2.28. The van der Waals surface area contributed by atoms with E-state index in [4.69, 9.17) is 0 Å². The summed E-state index contributed by atoms with van der Waals surface area (Å²) in [4.78, 5) is 19.3. The number of aliphatic imine (C=N–C) groups is 1. The summed E-state index contributed by atoms with van der Waals surface area (Å²) >= 11 is 3.41. The number of halogens is 2. The topological polar surface area (TPSA) is 32.7 Å². The minimum atomic E-state index is -0.352. The summed E-state index contributed by atoms with van der Waals surface area (Å²) in [6.45, 7) is 1.99. The van der Waals surface area contributed by atoms with Gasteiger partial charge in [-0.1, -0.05) is 51.8 Å². The standard InChI is InChI=1S/C23H16BrFN2O/c1-15-3-2-4-17(13-15)22-26-21(14-16-5-7-18(24)8-6-16)23(28)27(22)20-11-9-19(25)10-12-20/h2-14H,1H3/b21-14+. The number of hydrogen-bond donors (Lipinski definition) is 0. The van der Waals surface area contributed by atoms with E-state index in [-0.39, 0.29) is 11.7 Å². The van der Waals surface area contributed by atoms with Crippen molar-refractivity contribution in [2.45, 2.75) is 6.92 Å². The van der Waals surface area contributed by atoms with Gasteiger partial charge in [-0.3, -0.25) is 9.69 Å². The van der Waals surface area contributed by atoms with Crippen LogP contribution in [0.3, 0.4) is 0 Å². The third-order valence-electron chi connectivity index (χ3n) is 4.39. The number of anilines is 1. The summed E-state index contributed by atoms with van der Waals surface area (Å²) in [6, 6.07) is 21.3. The zero-order valence-electron chi connectivity index (χ0n) is 15.1. The van der Waals surface area contributed by atoms with Crippen molar-refractivity contribution in [3.8, 4) is 0 Å². The van der Waals surface area contributed by atoms with Crippen LogP contribution in [0.5, 0.6) is 0 Å². The third-order valence-corrected chi connectivity index (χ3v) is 4.92. The minimum absolute atomic E-state index is 0.244. The lowest BCUT2D eigenvalue weighted by atomic mass is 10.1. The lowest BCUT2D eigenvalue weighted by Gasteiger charge is -2.18. The fraction of sp³-hybridized carbons (Fsp3) is 0.0435. The van der Waals surface area contributed by atoms with Gasteiger partial charge in [0.25, 0.3) is 5.91 Å². The molecule has 3 nitrogen and oxygen atoms in total. The molecular weight excluding hydrogens is 419 g/mol. The van der Waals surface area contributed by atoms with E-state index in [2.05, 4.69) is 20.9 Å². The number of hydrogen-bond acceptors (Lipinski definition) is 2. The van der Waals surface area contributed by atoms with Crippen molar-refractivity contribution < 1.29 is 9.18 Å². The molecule has 1 heterocycles. The normalized spacial score (nSPS) is 15.2. The highest BCUT2D eigenvalue weighted by Gasteiger charge is 2.32. The molecule has 0 aliphatic carbocycles.